The highest BCUT2D eigenvalue weighted by atomic mass is 16.5. The fourth-order valence-electron chi connectivity index (χ4n) is 5.29. The highest BCUT2D eigenvalue weighted by molar-refractivity contribution is 6.00. The first kappa shape index (κ1) is 22.1. The maximum atomic E-state index is 13.3. The first-order chi connectivity index (χ1) is 16.9. The summed E-state index contributed by atoms with van der Waals surface area (Å²) >= 11 is 0. The molecule has 2 atom stereocenters. The predicted molar refractivity (Wildman–Crippen MR) is 133 cm³/mol. The summed E-state index contributed by atoms with van der Waals surface area (Å²) in [5, 5.41) is 11.2. The quantitative estimate of drug-likeness (QED) is 0.460. The molecule has 3 aromatic heterocycles. The van der Waals surface area contributed by atoms with Crippen molar-refractivity contribution in [3.63, 3.8) is 0 Å². The molecular formula is C26H30N6O3. The smallest absolute Gasteiger partial charge is 0.254 e. The van der Waals surface area contributed by atoms with Crippen molar-refractivity contribution in [3.05, 3.63) is 42.1 Å². The van der Waals surface area contributed by atoms with Crippen LogP contribution in [0.5, 0.6) is 5.75 Å². The monoisotopic (exact) mass is 474 g/mol. The Hall–Kier alpha value is -3.43. The zero-order valence-corrected chi connectivity index (χ0v) is 20.0. The molecule has 2 aliphatic rings. The average Bonchev–Trinajstić information content (AvgIpc) is 3.51. The average molecular weight is 475 g/mol. The highest BCUT2D eigenvalue weighted by Gasteiger charge is 2.30. The van der Waals surface area contributed by atoms with E-state index >= 15 is 0 Å². The van der Waals surface area contributed by atoms with Crippen LogP contribution in [0.2, 0.25) is 0 Å². The highest BCUT2D eigenvalue weighted by Crippen LogP contribution is 2.37. The van der Waals surface area contributed by atoms with Crippen LogP contribution in [0.3, 0.4) is 0 Å². The molecule has 6 rings (SSSR count). The molecule has 1 saturated carbocycles. The van der Waals surface area contributed by atoms with Crippen molar-refractivity contribution in [1.82, 2.24) is 24.0 Å². The van der Waals surface area contributed by atoms with Gasteiger partial charge in [0.1, 0.15) is 16.9 Å². The van der Waals surface area contributed by atoms with Gasteiger partial charge >= 0.3 is 0 Å². The molecule has 1 aliphatic carbocycles. The Bertz CT molecular complexity index is 1430. The first-order valence-electron chi connectivity index (χ1n) is 12.1. The number of hydrogen-bond donors (Lipinski definition) is 2. The second kappa shape index (κ2) is 8.35. The number of imidazole rings is 1. The minimum absolute atomic E-state index is 0.182. The third kappa shape index (κ3) is 3.84. The Labute approximate surface area is 203 Å². The molecule has 3 N–H and O–H groups in total. The number of amides is 1. The SMILES string of the molecule is COc1cc(C(=O)N2C[C@H](N)C[C@@H](O)C2)cc2nc(-c3cc4cccnc4n3CC3CC3)n(C)c12. The van der Waals surface area contributed by atoms with Gasteiger partial charge in [0.15, 0.2) is 5.82 Å². The fourth-order valence-corrected chi connectivity index (χ4v) is 5.29. The van der Waals surface area contributed by atoms with Crippen molar-refractivity contribution in [3.8, 4) is 17.3 Å². The lowest BCUT2D eigenvalue weighted by Gasteiger charge is -2.34. The van der Waals surface area contributed by atoms with Gasteiger partial charge in [-0.05, 0) is 55.5 Å². The molecule has 0 unspecified atom stereocenters. The minimum Gasteiger partial charge on any atom is -0.494 e. The molecule has 2 fully saturated rings. The number of fused-ring (bicyclic) bond motifs is 2. The number of aromatic nitrogens is 4. The standard InChI is InChI=1S/C26H30N6O3/c1-30-23-20(8-17(10-22(23)35-2)26(34)31-13-18(27)11-19(33)14-31)29-25(30)21-9-16-4-3-7-28-24(16)32(21)12-15-5-6-15/h3-4,7-10,15,18-19,33H,5-6,11-14,27H2,1-2H3/t18-,19-/m1/s1. The van der Waals surface area contributed by atoms with E-state index in [1.165, 1.54) is 12.8 Å². The number of rotatable bonds is 5. The van der Waals surface area contributed by atoms with E-state index in [2.05, 4.69) is 21.7 Å². The van der Waals surface area contributed by atoms with Crippen LogP contribution in [-0.2, 0) is 13.6 Å². The van der Waals surface area contributed by atoms with Gasteiger partial charge in [0.25, 0.3) is 5.91 Å². The zero-order valence-electron chi connectivity index (χ0n) is 20.0. The lowest BCUT2D eigenvalue weighted by atomic mass is 10.0. The normalized spacial score (nSPS) is 20.6. The minimum atomic E-state index is -0.614. The van der Waals surface area contributed by atoms with Crippen molar-refractivity contribution < 1.29 is 14.6 Å². The van der Waals surface area contributed by atoms with Crippen LogP contribution < -0.4 is 10.5 Å². The largest absolute Gasteiger partial charge is 0.494 e. The van der Waals surface area contributed by atoms with Crippen molar-refractivity contribution in [2.75, 3.05) is 20.2 Å². The number of aliphatic hydroxyl groups excluding tert-OH is 1. The third-order valence-corrected chi connectivity index (χ3v) is 7.17. The Balaban J connectivity index is 1.46. The van der Waals surface area contributed by atoms with Gasteiger partial charge in [-0.15, -0.1) is 0 Å². The maximum Gasteiger partial charge on any atom is 0.254 e. The van der Waals surface area contributed by atoms with Crippen LogP contribution in [0.25, 0.3) is 33.6 Å². The number of piperidine rings is 1. The van der Waals surface area contributed by atoms with Gasteiger partial charge in [-0.25, -0.2) is 9.97 Å². The van der Waals surface area contributed by atoms with Crippen molar-refractivity contribution >= 4 is 28.0 Å². The second-order valence-electron chi connectivity index (χ2n) is 9.90. The summed E-state index contributed by atoms with van der Waals surface area (Å²) in [6.07, 6.45) is 4.19. The van der Waals surface area contributed by atoms with E-state index in [0.29, 0.717) is 35.7 Å². The Kier molecular flexibility index (Phi) is 5.26. The number of β-amino-alcohol motifs (C(OH)–C–C–N with tert-alkyl or cyclic N) is 1. The molecule has 1 aliphatic heterocycles. The molecule has 9 heteroatoms. The topological polar surface area (TPSA) is 111 Å². The summed E-state index contributed by atoms with van der Waals surface area (Å²) in [5.74, 6) is 1.87. The van der Waals surface area contributed by atoms with Crippen LogP contribution in [0.15, 0.2) is 36.5 Å². The van der Waals surface area contributed by atoms with Gasteiger partial charge in [-0.1, -0.05) is 0 Å². The zero-order chi connectivity index (χ0) is 24.3. The molecule has 0 spiro atoms. The number of carbonyl (C=O) groups is 1. The van der Waals surface area contributed by atoms with E-state index < -0.39 is 6.10 Å². The number of nitrogens with two attached hydrogens (primary N) is 1. The molecule has 9 nitrogen and oxygen atoms in total. The number of hydrogen-bond acceptors (Lipinski definition) is 6. The van der Waals surface area contributed by atoms with Crippen LogP contribution in [-0.4, -0.2) is 67.4 Å². The molecular weight excluding hydrogens is 444 g/mol. The van der Waals surface area contributed by atoms with Gasteiger partial charge in [-0.3, -0.25) is 4.79 Å². The lowest BCUT2D eigenvalue weighted by Crippen LogP contribution is -2.51. The van der Waals surface area contributed by atoms with Crippen molar-refractivity contribution in [2.24, 2.45) is 18.7 Å². The van der Waals surface area contributed by atoms with E-state index in [4.69, 9.17) is 15.5 Å². The van der Waals surface area contributed by atoms with E-state index in [0.717, 1.165) is 34.6 Å². The number of benzene rings is 1. The maximum absolute atomic E-state index is 13.3. The van der Waals surface area contributed by atoms with E-state index in [1.807, 2.05) is 29.9 Å². The number of carbonyl (C=O) groups excluding carboxylic acids is 1. The molecule has 4 aromatic rings. The van der Waals surface area contributed by atoms with E-state index in [-0.39, 0.29) is 18.5 Å². The Morgan fingerprint density at radius 1 is 1.26 bits per heavy atom. The first-order valence-corrected chi connectivity index (χ1v) is 12.1. The number of ether oxygens (including phenoxy) is 1. The molecule has 4 heterocycles. The molecule has 35 heavy (non-hydrogen) atoms. The lowest BCUT2D eigenvalue weighted by molar-refractivity contribution is 0.0423. The third-order valence-electron chi connectivity index (χ3n) is 7.17. The molecule has 1 amide bonds. The van der Waals surface area contributed by atoms with Gasteiger partial charge in [0, 0.05) is 49.9 Å². The summed E-state index contributed by atoms with van der Waals surface area (Å²) in [6, 6.07) is 9.49. The molecule has 0 bridgehead atoms. The second-order valence-corrected chi connectivity index (χ2v) is 9.90. The summed E-state index contributed by atoms with van der Waals surface area (Å²) in [6.45, 7) is 1.60. The predicted octanol–water partition coefficient (Wildman–Crippen LogP) is 2.54. The van der Waals surface area contributed by atoms with Gasteiger partial charge in [0.2, 0.25) is 0 Å². The number of nitrogens with zero attached hydrogens (tertiary/aromatic N) is 5. The van der Waals surface area contributed by atoms with Crippen LogP contribution in [0.4, 0.5) is 0 Å². The van der Waals surface area contributed by atoms with Crippen LogP contribution >= 0.6 is 0 Å². The molecule has 182 valence electrons. The van der Waals surface area contributed by atoms with Gasteiger partial charge in [-0.2, -0.15) is 0 Å². The van der Waals surface area contributed by atoms with Crippen LogP contribution in [0, 0.1) is 5.92 Å². The Morgan fingerprint density at radius 3 is 2.83 bits per heavy atom. The number of aliphatic hydroxyl groups is 1. The molecule has 1 saturated heterocycles. The summed E-state index contributed by atoms with van der Waals surface area (Å²) in [4.78, 5) is 24.6. The Morgan fingerprint density at radius 2 is 2.09 bits per heavy atom. The number of aryl methyl sites for hydroxylation is 1. The van der Waals surface area contributed by atoms with Crippen LogP contribution in [0.1, 0.15) is 29.6 Å². The van der Waals surface area contributed by atoms with E-state index in [1.54, 1.807) is 18.1 Å². The van der Waals surface area contributed by atoms with E-state index in [9.17, 15) is 9.90 Å². The summed E-state index contributed by atoms with van der Waals surface area (Å²) in [7, 11) is 3.57. The van der Waals surface area contributed by atoms with Crippen molar-refractivity contribution in [2.45, 2.75) is 38.0 Å². The van der Waals surface area contributed by atoms with Crippen molar-refractivity contribution in [1.29, 1.82) is 0 Å². The number of methoxy groups -OCH3 is 1. The van der Waals surface area contributed by atoms with Gasteiger partial charge < -0.3 is 29.6 Å². The molecule has 0 radical (unpaired) electrons. The summed E-state index contributed by atoms with van der Waals surface area (Å²) in [5.41, 5.74) is 10.00. The number of likely N-dealkylation sites (tertiary alicyclic amines) is 1. The molecule has 1 aromatic carbocycles. The number of pyridine rings is 1. The van der Waals surface area contributed by atoms with Gasteiger partial charge in [0.05, 0.1) is 24.4 Å². The fraction of sp³-hybridized carbons (Fsp3) is 0.423. The summed E-state index contributed by atoms with van der Waals surface area (Å²) < 4.78 is 10.0.